The summed E-state index contributed by atoms with van der Waals surface area (Å²) < 4.78 is 0. The third-order valence-corrected chi connectivity index (χ3v) is 5.36. The van der Waals surface area contributed by atoms with Crippen molar-refractivity contribution in [1.29, 1.82) is 0 Å². The van der Waals surface area contributed by atoms with Crippen LogP contribution >= 0.6 is 23.2 Å². The highest BCUT2D eigenvalue weighted by Gasteiger charge is 2.18. The van der Waals surface area contributed by atoms with Gasteiger partial charge in [-0.25, -0.2) is 0 Å². The topological polar surface area (TPSA) is 12.0 Å². The summed E-state index contributed by atoms with van der Waals surface area (Å²) in [4.78, 5) is 0. The molecule has 1 atom stereocenters. The van der Waals surface area contributed by atoms with E-state index in [2.05, 4.69) is 12.2 Å². The first-order chi connectivity index (χ1) is 10.2. The average molecular weight is 328 g/mol. The van der Waals surface area contributed by atoms with Gasteiger partial charge in [-0.2, -0.15) is 0 Å². The van der Waals surface area contributed by atoms with E-state index in [1.165, 1.54) is 44.9 Å². The van der Waals surface area contributed by atoms with Crippen molar-refractivity contribution in [3.05, 3.63) is 33.8 Å². The Morgan fingerprint density at radius 3 is 2.43 bits per heavy atom. The van der Waals surface area contributed by atoms with Crippen LogP contribution in [0.1, 0.15) is 57.4 Å². The number of halogens is 2. The number of rotatable bonds is 7. The second kappa shape index (κ2) is 9.02. The molecular weight excluding hydrogens is 301 g/mol. The molecule has 0 heterocycles. The number of nitrogens with one attached hydrogen (secondary N) is 1. The molecule has 1 aromatic rings. The Kier molecular flexibility index (Phi) is 7.36. The zero-order valence-corrected chi connectivity index (χ0v) is 14.5. The molecule has 0 amide bonds. The van der Waals surface area contributed by atoms with Gasteiger partial charge in [0.1, 0.15) is 0 Å². The van der Waals surface area contributed by atoms with Crippen LogP contribution in [0.25, 0.3) is 0 Å². The Bertz CT molecular complexity index is 407. The molecule has 118 valence electrons. The van der Waals surface area contributed by atoms with E-state index in [4.69, 9.17) is 23.2 Å². The molecule has 1 N–H and O–H groups in total. The van der Waals surface area contributed by atoms with Gasteiger partial charge in [0.2, 0.25) is 0 Å². The molecule has 1 nitrogen and oxygen atoms in total. The monoisotopic (exact) mass is 327 g/mol. The molecule has 1 aliphatic carbocycles. The third-order valence-electron chi connectivity index (χ3n) is 4.65. The second-order valence-electron chi connectivity index (χ2n) is 6.24. The van der Waals surface area contributed by atoms with Crippen molar-refractivity contribution in [1.82, 2.24) is 5.32 Å². The SMILES string of the molecule is CCNC(CCC1CCCCC1)Cc1c(Cl)cccc1Cl. The largest absolute Gasteiger partial charge is 0.314 e. The maximum atomic E-state index is 6.31. The highest BCUT2D eigenvalue weighted by Crippen LogP contribution is 2.30. The van der Waals surface area contributed by atoms with Crippen LogP contribution in [0.15, 0.2) is 18.2 Å². The van der Waals surface area contributed by atoms with Crippen LogP contribution in [0.2, 0.25) is 10.0 Å². The maximum Gasteiger partial charge on any atom is 0.0453 e. The summed E-state index contributed by atoms with van der Waals surface area (Å²) >= 11 is 12.6. The maximum absolute atomic E-state index is 6.31. The molecule has 0 spiro atoms. The molecule has 1 aliphatic rings. The smallest absolute Gasteiger partial charge is 0.0453 e. The molecule has 1 aromatic carbocycles. The predicted octanol–water partition coefficient (Wildman–Crippen LogP) is 5.87. The van der Waals surface area contributed by atoms with Gasteiger partial charge < -0.3 is 5.32 Å². The molecular formula is C18H27Cl2N. The van der Waals surface area contributed by atoms with Gasteiger partial charge in [0.25, 0.3) is 0 Å². The molecule has 3 heteroatoms. The lowest BCUT2D eigenvalue weighted by atomic mass is 9.84. The second-order valence-corrected chi connectivity index (χ2v) is 7.05. The minimum absolute atomic E-state index is 0.481. The summed E-state index contributed by atoms with van der Waals surface area (Å²) in [5.41, 5.74) is 1.09. The van der Waals surface area contributed by atoms with E-state index in [-0.39, 0.29) is 0 Å². The van der Waals surface area contributed by atoms with Crippen molar-refractivity contribution < 1.29 is 0 Å². The van der Waals surface area contributed by atoms with Gasteiger partial charge in [-0.05, 0) is 49.4 Å². The van der Waals surface area contributed by atoms with Gasteiger partial charge >= 0.3 is 0 Å². The quantitative estimate of drug-likeness (QED) is 0.659. The minimum atomic E-state index is 0.481. The molecule has 1 unspecified atom stereocenters. The summed E-state index contributed by atoms with van der Waals surface area (Å²) in [5, 5.41) is 5.20. The number of likely N-dealkylation sites (N-methyl/N-ethyl adjacent to an activating group) is 1. The molecule has 1 fully saturated rings. The summed E-state index contributed by atoms with van der Waals surface area (Å²) in [7, 11) is 0. The Morgan fingerprint density at radius 2 is 1.81 bits per heavy atom. The molecule has 0 radical (unpaired) electrons. The molecule has 0 aromatic heterocycles. The van der Waals surface area contributed by atoms with Gasteiger partial charge in [-0.3, -0.25) is 0 Å². The summed E-state index contributed by atoms with van der Waals surface area (Å²) in [6, 6.07) is 6.27. The molecule has 21 heavy (non-hydrogen) atoms. The van der Waals surface area contributed by atoms with E-state index < -0.39 is 0 Å². The molecule has 0 bridgehead atoms. The first-order valence-electron chi connectivity index (χ1n) is 8.37. The Hall–Kier alpha value is -0.240. The summed E-state index contributed by atoms with van der Waals surface area (Å²) in [6.45, 7) is 3.17. The van der Waals surface area contributed by atoms with E-state index in [0.717, 1.165) is 34.5 Å². The van der Waals surface area contributed by atoms with Crippen molar-refractivity contribution in [2.45, 2.75) is 64.3 Å². The first kappa shape index (κ1) is 17.1. The average Bonchev–Trinajstić information content (AvgIpc) is 2.49. The predicted molar refractivity (Wildman–Crippen MR) is 93.4 cm³/mol. The van der Waals surface area contributed by atoms with Gasteiger partial charge in [0, 0.05) is 16.1 Å². The fraction of sp³-hybridized carbons (Fsp3) is 0.667. The third kappa shape index (κ3) is 5.47. The number of hydrogen-bond donors (Lipinski definition) is 1. The van der Waals surface area contributed by atoms with Gasteiger partial charge in [0.05, 0.1) is 0 Å². The van der Waals surface area contributed by atoms with Crippen LogP contribution in [-0.4, -0.2) is 12.6 Å². The molecule has 2 rings (SSSR count). The van der Waals surface area contributed by atoms with Crippen LogP contribution in [-0.2, 0) is 6.42 Å². The number of benzene rings is 1. The zero-order valence-electron chi connectivity index (χ0n) is 13.0. The fourth-order valence-electron chi connectivity index (χ4n) is 3.45. The Labute approximate surface area is 139 Å². The van der Waals surface area contributed by atoms with Gasteiger partial charge in [-0.1, -0.05) is 68.3 Å². The van der Waals surface area contributed by atoms with Crippen molar-refractivity contribution in [3.63, 3.8) is 0 Å². The van der Waals surface area contributed by atoms with Crippen LogP contribution < -0.4 is 5.32 Å². The molecule has 0 aliphatic heterocycles. The van der Waals surface area contributed by atoms with E-state index in [0.29, 0.717) is 6.04 Å². The van der Waals surface area contributed by atoms with E-state index in [9.17, 15) is 0 Å². The Morgan fingerprint density at radius 1 is 1.14 bits per heavy atom. The van der Waals surface area contributed by atoms with Crippen LogP contribution in [0.5, 0.6) is 0 Å². The van der Waals surface area contributed by atoms with Crippen molar-refractivity contribution in [2.24, 2.45) is 5.92 Å². The van der Waals surface area contributed by atoms with Crippen LogP contribution in [0.4, 0.5) is 0 Å². The molecule has 1 saturated carbocycles. The lowest BCUT2D eigenvalue weighted by Gasteiger charge is -2.25. The fourth-order valence-corrected chi connectivity index (χ4v) is 4.00. The first-order valence-corrected chi connectivity index (χ1v) is 9.12. The van der Waals surface area contributed by atoms with Gasteiger partial charge in [-0.15, -0.1) is 0 Å². The standard InChI is InChI=1S/C18H27Cl2N/c1-2-21-15(12-11-14-7-4-3-5-8-14)13-16-17(19)9-6-10-18(16)20/h6,9-10,14-15,21H,2-5,7-8,11-13H2,1H3. The van der Waals surface area contributed by atoms with Gasteiger partial charge in [0.15, 0.2) is 0 Å². The van der Waals surface area contributed by atoms with E-state index in [1.807, 2.05) is 18.2 Å². The lowest BCUT2D eigenvalue weighted by molar-refractivity contribution is 0.313. The van der Waals surface area contributed by atoms with Crippen molar-refractivity contribution >= 4 is 23.2 Å². The van der Waals surface area contributed by atoms with Crippen molar-refractivity contribution in [2.75, 3.05) is 6.54 Å². The van der Waals surface area contributed by atoms with Crippen LogP contribution in [0.3, 0.4) is 0 Å². The zero-order chi connectivity index (χ0) is 15.1. The minimum Gasteiger partial charge on any atom is -0.314 e. The van der Waals surface area contributed by atoms with E-state index in [1.54, 1.807) is 0 Å². The normalized spacial score (nSPS) is 17.9. The summed E-state index contributed by atoms with van der Waals surface area (Å²) in [5.74, 6) is 0.932. The van der Waals surface area contributed by atoms with Crippen LogP contribution in [0, 0.1) is 5.92 Å². The number of hydrogen-bond acceptors (Lipinski definition) is 1. The van der Waals surface area contributed by atoms with E-state index >= 15 is 0 Å². The highest BCUT2D eigenvalue weighted by atomic mass is 35.5. The van der Waals surface area contributed by atoms with Crippen molar-refractivity contribution in [3.8, 4) is 0 Å². The highest BCUT2D eigenvalue weighted by molar-refractivity contribution is 6.36. The lowest BCUT2D eigenvalue weighted by Crippen LogP contribution is -2.31. The Balaban J connectivity index is 1.91. The summed E-state index contributed by atoms with van der Waals surface area (Å²) in [6.07, 6.45) is 10.6. The molecule has 0 saturated heterocycles.